The van der Waals surface area contributed by atoms with Crippen LogP contribution in [-0.2, 0) is 9.53 Å². The Morgan fingerprint density at radius 3 is 2.68 bits per heavy atom. The smallest absolute Gasteiger partial charge is 0.340 e. The van der Waals surface area contributed by atoms with Crippen molar-refractivity contribution in [3.8, 4) is 6.07 Å². The second kappa shape index (κ2) is 7.17. The average Bonchev–Trinajstić information content (AvgIpc) is 2.36. The van der Waals surface area contributed by atoms with E-state index < -0.39 is 11.9 Å². The molecule has 0 atom stereocenters. The second-order valence-electron chi connectivity index (χ2n) is 4.42. The van der Waals surface area contributed by atoms with Crippen LogP contribution in [0.2, 0.25) is 0 Å². The molecule has 0 saturated heterocycles. The summed E-state index contributed by atoms with van der Waals surface area (Å²) < 4.78 is 5.12. The van der Waals surface area contributed by atoms with Gasteiger partial charge in [-0.3, -0.25) is 4.79 Å². The van der Waals surface area contributed by atoms with Gasteiger partial charge in [0.1, 0.15) is 6.42 Å². The van der Waals surface area contributed by atoms with Gasteiger partial charge >= 0.3 is 5.97 Å². The van der Waals surface area contributed by atoms with Crippen LogP contribution in [0.15, 0.2) is 24.3 Å². The Morgan fingerprint density at radius 2 is 2.05 bits per heavy atom. The number of ether oxygens (including phenoxy) is 1. The molecule has 0 heterocycles. The molecule has 0 spiro atoms. The molecule has 1 amide bonds. The van der Waals surface area contributed by atoms with E-state index in [1.807, 2.05) is 13.8 Å². The van der Waals surface area contributed by atoms with Gasteiger partial charge in [-0.05, 0) is 18.1 Å². The van der Waals surface area contributed by atoms with E-state index in [0.717, 1.165) is 0 Å². The molecule has 0 fully saturated rings. The van der Waals surface area contributed by atoms with Crippen molar-refractivity contribution >= 4 is 17.6 Å². The Labute approximate surface area is 112 Å². The molecule has 1 N–H and O–H groups in total. The molecule has 0 aliphatic carbocycles. The quantitative estimate of drug-likeness (QED) is 0.824. The first kappa shape index (κ1) is 14.7. The van der Waals surface area contributed by atoms with Crippen LogP contribution in [0.5, 0.6) is 0 Å². The molecule has 0 aromatic heterocycles. The van der Waals surface area contributed by atoms with E-state index in [1.165, 1.54) is 0 Å². The third kappa shape index (κ3) is 4.80. The monoisotopic (exact) mass is 260 g/mol. The average molecular weight is 260 g/mol. The molecule has 5 heteroatoms. The lowest BCUT2D eigenvalue weighted by Crippen LogP contribution is -2.16. The van der Waals surface area contributed by atoms with Gasteiger partial charge in [0.2, 0.25) is 5.91 Å². The fourth-order valence-corrected chi connectivity index (χ4v) is 1.36. The maximum atomic E-state index is 11.9. The predicted molar refractivity (Wildman–Crippen MR) is 70.4 cm³/mol. The summed E-state index contributed by atoms with van der Waals surface area (Å²) >= 11 is 0. The van der Waals surface area contributed by atoms with Crippen LogP contribution in [0.25, 0.3) is 0 Å². The molecule has 100 valence electrons. The highest BCUT2D eigenvalue weighted by Gasteiger charge is 2.14. The Bertz CT molecular complexity index is 504. The first-order valence-electron chi connectivity index (χ1n) is 5.97. The number of esters is 1. The number of amides is 1. The minimum absolute atomic E-state index is 0.240. The fourth-order valence-electron chi connectivity index (χ4n) is 1.36. The highest BCUT2D eigenvalue weighted by molar-refractivity contribution is 6.01. The number of anilines is 1. The van der Waals surface area contributed by atoms with Crippen molar-refractivity contribution in [1.29, 1.82) is 5.26 Å². The summed E-state index contributed by atoms with van der Waals surface area (Å²) in [5, 5.41) is 11.0. The molecule has 0 aliphatic rings. The number of para-hydroxylation sites is 1. The molecule has 0 bridgehead atoms. The number of nitriles is 1. The largest absolute Gasteiger partial charge is 0.462 e. The lowest BCUT2D eigenvalue weighted by atomic mass is 10.1. The van der Waals surface area contributed by atoms with Crippen molar-refractivity contribution in [2.75, 3.05) is 11.9 Å². The summed E-state index contributed by atoms with van der Waals surface area (Å²) in [4.78, 5) is 23.2. The molecule has 19 heavy (non-hydrogen) atoms. The highest BCUT2D eigenvalue weighted by Crippen LogP contribution is 2.16. The van der Waals surface area contributed by atoms with E-state index in [4.69, 9.17) is 10.00 Å². The van der Waals surface area contributed by atoms with Gasteiger partial charge in [-0.1, -0.05) is 26.0 Å². The van der Waals surface area contributed by atoms with Crippen molar-refractivity contribution in [3.05, 3.63) is 29.8 Å². The predicted octanol–water partition coefficient (Wildman–Crippen LogP) is 2.35. The number of carbonyl (C=O) groups excluding carboxylic acids is 2. The van der Waals surface area contributed by atoms with Gasteiger partial charge in [-0.25, -0.2) is 4.79 Å². The zero-order chi connectivity index (χ0) is 14.3. The first-order chi connectivity index (χ1) is 9.04. The molecule has 1 rings (SSSR count). The first-order valence-corrected chi connectivity index (χ1v) is 5.97. The van der Waals surface area contributed by atoms with Crippen LogP contribution in [0, 0.1) is 17.2 Å². The number of nitrogens with one attached hydrogen (secondary N) is 1. The molecule has 1 aromatic rings. The third-order valence-electron chi connectivity index (χ3n) is 2.21. The molecule has 0 radical (unpaired) electrons. The van der Waals surface area contributed by atoms with Gasteiger partial charge < -0.3 is 10.1 Å². The Morgan fingerprint density at radius 1 is 1.37 bits per heavy atom. The lowest BCUT2D eigenvalue weighted by molar-refractivity contribution is -0.115. The number of nitrogens with zero attached hydrogens (tertiary/aromatic N) is 1. The van der Waals surface area contributed by atoms with E-state index in [-0.39, 0.29) is 17.9 Å². The van der Waals surface area contributed by atoms with Crippen LogP contribution in [-0.4, -0.2) is 18.5 Å². The Balaban J connectivity index is 2.81. The molecule has 5 nitrogen and oxygen atoms in total. The number of hydrogen-bond acceptors (Lipinski definition) is 4. The summed E-state index contributed by atoms with van der Waals surface area (Å²) in [5.74, 6) is -0.697. The summed E-state index contributed by atoms with van der Waals surface area (Å²) in [7, 11) is 0. The van der Waals surface area contributed by atoms with Crippen molar-refractivity contribution in [1.82, 2.24) is 0 Å². The molecular weight excluding hydrogens is 244 g/mol. The standard InChI is InChI=1S/C14H16N2O3/c1-10(2)9-19-14(18)11-5-3-4-6-12(11)16-13(17)7-8-15/h3-6,10H,7,9H2,1-2H3,(H,16,17). The number of hydrogen-bond donors (Lipinski definition) is 1. The van der Waals surface area contributed by atoms with Crippen molar-refractivity contribution < 1.29 is 14.3 Å². The van der Waals surface area contributed by atoms with Gasteiger partial charge in [0.15, 0.2) is 0 Å². The lowest BCUT2D eigenvalue weighted by Gasteiger charge is -2.11. The van der Waals surface area contributed by atoms with E-state index in [2.05, 4.69) is 5.32 Å². The fraction of sp³-hybridized carbons (Fsp3) is 0.357. The maximum Gasteiger partial charge on any atom is 0.340 e. The van der Waals surface area contributed by atoms with E-state index in [9.17, 15) is 9.59 Å². The summed E-state index contributed by atoms with van der Waals surface area (Å²) in [6.45, 7) is 4.20. The van der Waals surface area contributed by atoms with E-state index in [1.54, 1.807) is 30.3 Å². The van der Waals surface area contributed by atoms with Crippen LogP contribution in [0.4, 0.5) is 5.69 Å². The van der Waals surface area contributed by atoms with Crippen molar-refractivity contribution in [2.24, 2.45) is 5.92 Å². The minimum Gasteiger partial charge on any atom is -0.462 e. The minimum atomic E-state index is -0.485. The number of carbonyl (C=O) groups is 2. The Kier molecular flexibility index (Phi) is 5.55. The van der Waals surface area contributed by atoms with Gasteiger partial charge in [0.05, 0.1) is 23.9 Å². The van der Waals surface area contributed by atoms with E-state index in [0.29, 0.717) is 12.3 Å². The molecule has 0 unspecified atom stereocenters. The SMILES string of the molecule is CC(C)COC(=O)c1ccccc1NC(=O)CC#N. The normalized spacial score (nSPS) is 9.79. The molecule has 0 saturated carbocycles. The van der Waals surface area contributed by atoms with Crippen LogP contribution in [0.3, 0.4) is 0 Å². The number of rotatable bonds is 5. The van der Waals surface area contributed by atoms with Gasteiger partial charge in [-0.2, -0.15) is 5.26 Å². The van der Waals surface area contributed by atoms with E-state index >= 15 is 0 Å². The second-order valence-corrected chi connectivity index (χ2v) is 4.42. The zero-order valence-electron chi connectivity index (χ0n) is 11.0. The van der Waals surface area contributed by atoms with Crippen LogP contribution in [0.1, 0.15) is 30.6 Å². The summed E-state index contributed by atoms with van der Waals surface area (Å²) in [6.07, 6.45) is -0.255. The topological polar surface area (TPSA) is 79.2 Å². The zero-order valence-corrected chi connectivity index (χ0v) is 11.0. The van der Waals surface area contributed by atoms with Crippen molar-refractivity contribution in [3.63, 3.8) is 0 Å². The third-order valence-corrected chi connectivity index (χ3v) is 2.21. The van der Waals surface area contributed by atoms with Gasteiger partial charge in [-0.15, -0.1) is 0 Å². The van der Waals surface area contributed by atoms with Gasteiger partial charge in [0, 0.05) is 0 Å². The summed E-state index contributed by atoms with van der Waals surface area (Å²) in [5.41, 5.74) is 0.644. The Hall–Kier alpha value is -2.35. The maximum absolute atomic E-state index is 11.9. The molecular formula is C14H16N2O3. The van der Waals surface area contributed by atoms with Crippen molar-refractivity contribution in [2.45, 2.75) is 20.3 Å². The molecule has 0 aliphatic heterocycles. The number of benzene rings is 1. The van der Waals surface area contributed by atoms with Crippen LogP contribution < -0.4 is 5.32 Å². The molecule has 1 aromatic carbocycles. The summed E-state index contributed by atoms with van der Waals surface area (Å²) in [6, 6.07) is 8.30. The van der Waals surface area contributed by atoms with Crippen LogP contribution >= 0.6 is 0 Å². The highest BCUT2D eigenvalue weighted by atomic mass is 16.5. The van der Waals surface area contributed by atoms with Gasteiger partial charge in [0.25, 0.3) is 0 Å².